The smallest absolute Gasteiger partial charge is 0.338 e. The first-order valence-corrected chi connectivity index (χ1v) is 6.70. The van der Waals surface area contributed by atoms with E-state index in [0.717, 1.165) is 14.4 Å². The van der Waals surface area contributed by atoms with Gasteiger partial charge in [-0.15, -0.1) is 11.3 Å². The van der Waals surface area contributed by atoms with Gasteiger partial charge in [-0.3, -0.25) is 0 Å². The fourth-order valence-electron chi connectivity index (χ4n) is 1.40. The maximum absolute atomic E-state index is 11.6. The second-order valence-electron chi connectivity index (χ2n) is 3.28. The molecule has 2 aromatic rings. The minimum Gasteiger partial charge on any atom is -0.462 e. The average molecular weight is 312 g/mol. The second-order valence-corrected chi connectivity index (χ2v) is 5.59. The molecule has 5 heteroatoms. The molecule has 1 aromatic carbocycles. The SMILES string of the molecule is CCOC(=O)c1cccc(-c2cnc(Br)s2)c1. The van der Waals surface area contributed by atoms with Crippen LogP contribution in [0.1, 0.15) is 17.3 Å². The van der Waals surface area contributed by atoms with Crippen LogP contribution in [0, 0.1) is 0 Å². The third-order valence-corrected chi connectivity index (χ3v) is 3.66. The zero-order chi connectivity index (χ0) is 12.3. The highest BCUT2D eigenvalue weighted by Gasteiger charge is 2.09. The number of hydrogen-bond acceptors (Lipinski definition) is 4. The maximum atomic E-state index is 11.6. The van der Waals surface area contributed by atoms with Crippen LogP contribution in [0.15, 0.2) is 34.4 Å². The Bertz CT molecular complexity index is 539. The van der Waals surface area contributed by atoms with Gasteiger partial charge in [0.25, 0.3) is 0 Å². The van der Waals surface area contributed by atoms with Crippen LogP contribution in [-0.4, -0.2) is 17.6 Å². The van der Waals surface area contributed by atoms with Gasteiger partial charge in [0.1, 0.15) is 0 Å². The van der Waals surface area contributed by atoms with E-state index in [2.05, 4.69) is 20.9 Å². The summed E-state index contributed by atoms with van der Waals surface area (Å²) in [4.78, 5) is 16.7. The van der Waals surface area contributed by atoms with Crippen molar-refractivity contribution in [3.8, 4) is 10.4 Å². The molecule has 0 spiro atoms. The summed E-state index contributed by atoms with van der Waals surface area (Å²) in [5, 5.41) is 0. The minimum atomic E-state index is -0.294. The molecule has 0 aliphatic carbocycles. The van der Waals surface area contributed by atoms with Crippen molar-refractivity contribution in [3.63, 3.8) is 0 Å². The summed E-state index contributed by atoms with van der Waals surface area (Å²) >= 11 is 4.85. The third kappa shape index (κ3) is 2.92. The number of carbonyl (C=O) groups is 1. The summed E-state index contributed by atoms with van der Waals surface area (Å²) in [6, 6.07) is 7.35. The molecular weight excluding hydrogens is 302 g/mol. The number of carbonyl (C=O) groups excluding carboxylic acids is 1. The third-order valence-electron chi connectivity index (χ3n) is 2.14. The van der Waals surface area contributed by atoms with Crippen molar-refractivity contribution in [1.82, 2.24) is 4.98 Å². The van der Waals surface area contributed by atoms with Gasteiger partial charge in [-0.05, 0) is 40.5 Å². The largest absolute Gasteiger partial charge is 0.462 e. The monoisotopic (exact) mass is 311 g/mol. The van der Waals surface area contributed by atoms with Crippen molar-refractivity contribution >= 4 is 33.2 Å². The van der Waals surface area contributed by atoms with Gasteiger partial charge in [-0.25, -0.2) is 9.78 Å². The Morgan fingerprint density at radius 3 is 3.00 bits per heavy atom. The van der Waals surface area contributed by atoms with E-state index in [1.54, 1.807) is 19.2 Å². The van der Waals surface area contributed by atoms with Crippen LogP contribution >= 0.6 is 27.3 Å². The highest BCUT2D eigenvalue weighted by Crippen LogP contribution is 2.29. The lowest BCUT2D eigenvalue weighted by molar-refractivity contribution is 0.0526. The molecule has 2 rings (SSSR count). The number of nitrogens with zero attached hydrogens (tertiary/aromatic N) is 1. The molecule has 0 fully saturated rings. The van der Waals surface area contributed by atoms with Gasteiger partial charge in [-0.1, -0.05) is 12.1 Å². The highest BCUT2D eigenvalue weighted by atomic mass is 79.9. The van der Waals surface area contributed by atoms with E-state index in [-0.39, 0.29) is 5.97 Å². The van der Waals surface area contributed by atoms with E-state index < -0.39 is 0 Å². The van der Waals surface area contributed by atoms with E-state index in [4.69, 9.17) is 4.74 Å². The summed E-state index contributed by atoms with van der Waals surface area (Å²) < 4.78 is 5.79. The van der Waals surface area contributed by atoms with Crippen molar-refractivity contribution in [3.05, 3.63) is 39.9 Å². The zero-order valence-corrected chi connectivity index (χ0v) is 11.5. The maximum Gasteiger partial charge on any atom is 0.338 e. The molecule has 0 radical (unpaired) electrons. The Hall–Kier alpha value is -1.20. The van der Waals surface area contributed by atoms with Crippen molar-refractivity contribution in [2.45, 2.75) is 6.92 Å². The summed E-state index contributed by atoms with van der Waals surface area (Å²) in [6.07, 6.45) is 1.78. The standard InChI is InChI=1S/C12H10BrNO2S/c1-2-16-11(15)9-5-3-4-8(6-9)10-7-14-12(13)17-10/h3-7H,2H2,1H3. The first-order valence-electron chi connectivity index (χ1n) is 5.09. The van der Waals surface area contributed by atoms with Gasteiger partial charge in [0.15, 0.2) is 3.92 Å². The summed E-state index contributed by atoms with van der Waals surface area (Å²) in [6.45, 7) is 2.18. The van der Waals surface area contributed by atoms with E-state index in [1.807, 2.05) is 18.2 Å². The van der Waals surface area contributed by atoms with Gasteiger partial charge in [0.05, 0.1) is 17.0 Å². The van der Waals surface area contributed by atoms with Crippen LogP contribution in [0.4, 0.5) is 0 Å². The molecule has 0 bridgehead atoms. The Morgan fingerprint density at radius 1 is 1.53 bits per heavy atom. The average Bonchev–Trinajstić information content (AvgIpc) is 2.76. The van der Waals surface area contributed by atoms with Crippen LogP contribution < -0.4 is 0 Å². The molecule has 0 aliphatic heterocycles. The number of benzene rings is 1. The molecule has 88 valence electrons. The lowest BCUT2D eigenvalue weighted by Gasteiger charge is -2.03. The van der Waals surface area contributed by atoms with Crippen molar-refractivity contribution in [2.75, 3.05) is 6.61 Å². The highest BCUT2D eigenvalue weighted by molar-refractivity contribution is 9.11. The van der Waals surface area contributed by atoms with Crippen molar-refractivity contribution in [1.29, 1.82) is 0 Å². The van der Waals surface area contributed by atoms with Crippen LogP contribution in [0.25, 0.3) is 10.4 Å². The minimum absolute atomic E-state index is 0.294. The topological polar surface area (TPSA) is 39.2 Å². The molecule has 0 unspecified atom stereocenters. The Kier molecular flexibility index (Phi) is 3.91. The van der Waals surface area contributed by atoms with Gasteiger partial charge in [-0.2, -0.15) is 0 Å². The number of rotatable bonds is 3. The Balaban J connectivity index is 2.31. The molecule has 0 saturated heterocycles. The molecule has 0 N–H and O–H groups in total. The normalized spacial score (nSPS) is 10.2. The summed E-state index contributed by atoms with van der Waals surface area (Å²) in [5.74, 6) is -0.294. The fraction of sp³-hybridized carbons (Fsp3) is 0.167. The van der Waals surface area contributed by atoms with E-state index >= 15 is 0 Å². The summed E-state index contributed by atoms with van der Waals surface area (Å²) in [7, 11) is 0. The molecule has 3 nitrogen and oxygen atoms in total. The first-order chi connectivity index (χ1) is 8.20. The molecule has 0 atom stereocenters. The lowest BCUT2D eigenvalue weighted by atomic mass is 10.1. The number of ether oxygens (including phenoxy) is 1. The zero-order valence-electron chi connectivity index (χ0n) is 9.14. The number of thiazole rings is 1. The fourth-order valence-corrected chi connectivity index (χ4v) is 2.66. The van der Waals surface area contributed by atoms with Crippen molar-refractivity contribution < 1.29 is 9.53 Å². The van der Waals surface area contributed by atoms with Crippen LogP contribution in [0.2, 0.25) is 0 Å². The van der Waals surface area contributed by atoms with Gasteiger partial charge in [0, 0.05) is 6.20 Å². The van der Waals surface area contributed by atoms with Gasteiger partial charge >= 0.3 is 5.97 Å². The Labute approximate surface area is 112 Å². The Morgan fingerprint density at radius 2 is 2.35 bits per heavy atom. The first kappa shape index (κ1) is 12.3. The quantitative estimate of drug-likeness (QED) is 0.810. The number of esters is 1. The van der Waals surface area contributed by atoms with E-state index in [9.17, 15) is 4.79 Å². The van der Waals surface area contributed by atoms with Crippen LogP contribution in [0.3, 0.4) is 0 Å². The molecule has 1 heterocycles. The molecular formula is C12H10BrNO2S. The predicted octanol–water partition coefficient (Wildman–Crippen LogP) is 3.75. The molecule has 1 aromatic heterocycles. The second kappa shape index (κ2) is 5.42. The number of halogens is 1. The van der Waals surface area contributed by atoms with Crippen LogP contribution in [0.5, 0.6) is 0 Å². The van der Waals surface area contributed by atoms with Gasteiger partial charge in [0.2, 0.25) is 0 Å². The molecule has 0 saturated carbocycles. The van der Waals surface area contributed by atoms with E-state index in [1.165, 1.54) is 11.3 Å². The van der Waals surface area contributed by atoms with Crippen LogP contribution in [-0.2, 0) is 4.74 Å². The van der Waals surface area contributed by atoms with Crippen molar-refractivity contribution in [2.24, 2.45) is 0 Å². The van der Waals surface area contributed by atoms with Gasteiger partial charge < -0.3 is 4.74 Å². The summed E-state index contributed by atoms with van der Waals surface area (Å²) in [5.41, 5.74) is 1.53. The number of aromatic nitrogens is 1. The molecule has 0 aliphatic rings. The number of hydrogen-bond donors (Lipinski definition) is 0. The van der Waals surface area contributed by atoms with E-state index in [0.29, 0.717) is 12.2 Å². The lowest BCUT2D eigenvalue weighted by Crippen LogP contribution is -2.04. The predicted molar refractivity (Wildman–Crippen MR) is 71.2 cm³/mol. The molecule has 0 amide bonds. The molecule has 17 heavy (non-hydrogen) atoms.